The average molecular weight is 253 g/mol. The van der Waals surface area contributed by atoms with Gasteiger partial charge in [-0.3, -0.25) is 0 Å². The molecular weight excluding hydrogens is 230 g/mol. The van der Waals surface area contributed by atoms with Crippen LogP contribution in [0, 0.1) is 6.92 Å². The molecule has 0 aromatic carbocycles. The van der Waals surface area contributed by atoms with E-state index < -0.39 is 0 Å². The molecule has 0 spiro atoms. The van der Waals surface area contributed by atoms with Crippen molar-refractivity contribution in [2.45, 2.75) is 45.8 Å². The molecule has 0 amide bonds. The van der Waals surface area contributed by atoms with Crippen molar-refractivity contribution in [3.8, 4) is 0 Å². The standard InChI is InChI=1S/C13H23N3S/c1-4-6-8-17-10-13-15-11(3)9-12(16-13)14-7-5-2/h9H,4-8,10H2,1-3H3,(H,14,15,16). The van der Waals surface area contributed by atoms with Gasteiger partial charge >= 0.3 is 0 Å². The van der Waals surface area contributed by atoms with Gasteiger partial charge in [0, 0.05) is 18.3 Å². The fourth-order valence-corrected chi connectivity index (χ4v) is 2.40. The van der Waals surface area contributed by atoms with Gasteiger partial charge in [-0.05, 0) is 25.5 Å². The van der Waals surface area contributed by atoms with Crippen LogP contribution in [0.4, 0.5) is 5.82 Å². The van der Waals surface area contributed by atoms with Crippen molar-refractivity contribution in [1.82, 2.24) is 9.97 Å². The molecule has 0 radical (unpaired) electrons. The van der Waals surface area contributed by atoms with E-state index in [1.807, 2.05) is 24.8 Å². The highest BCUT2D eigenvalue weighted by atomic mass is 32.2. The molecule has 0 aliphatic carbocycles. The summed E-state index contributed by atoms with van der Waals surface area (Å²) >= 11 is 1.92. The van der Waals surface area contributed by atoms with Gasteiger partial charge < -0.3 is 5.32 Å². The van der Waals surface area contributed by atoms with Crippen molar-refractivity contribution in [1.29, 1.82) is 0 Å². The summed E-state index contributed by atoms with van der Waals surface area (Å²) in [6.07, 6.45) is 3.64. The van der Waals surface area contributed by atoms with Crippen LogP contribution in [0.15, 0.2) is 6.07 Å². The molecule has 0 saturated carbocycles. The summed E-state index contributed by atoms with van der Waals surface area (Å²) in [6, 6.07) is 2.01. The van der Waals surface area contributed by atoms with Crippen LogP contribution in [0.3, 0.4) is 0 Å². The van der Waals surface area contributed by atoms with Crippen LogP contribution in [0.25, 0.3) is 0 Å². The first-order chi connectivity index (χ1) is 8.26. The third-order valence-corrected chi connectivity index (χ3v) is 3.37. The van der Waals surface area contributed by atoms with Crippen LogP contribution in [0.2, 0.25) is 0 Å². The predicted octanol–water partition coefficient (Wildman–Crippen LogP) is 3.64. The summed E-state index contributed by atoms with van der Waals surface area (Å²) in [5.41, 5.74) is 1.05. The Kier molecular flexibility index (Phi) is 7.01. The summed E-state index contributed by atoms with van der Waals surface area (Å²) in [7, 11) is 0. The molecule has 1 rings (SSSR count). The van der Waals surface area contributed by atoms with Gasteiger partial charge in [0.25, 0.3) is 0 Å². The van der Waals surface area contributed by atoms with Crippen molar-refractivity contribution in [3.63, 3.8) is 0 Å². The van der Waals surface area contributed by atoms with Gasteiger partial charge in [-0.15, -0.1) is 0 Å². The highest BCUT2D eigenvalue weighted by molar-refractivity contribution is 7.98. The van der Waals surface area contributed by atoms with Gasteiger partial charge in [0.2, 0.25) is 0 Å². The summed E-state index contributed by atoms with van der Waals surface area (Å²) < 4.78 is 0. The molecule has 1 heterocycles. The maximum Gasteiger partial charge on any atom is 0.140 e. The van der Waals surface area contributed by atoms with Crippen LogP contribution in [0.5, 0.6) is 0 Å². The lowest BCUT2D eigenvalue weighted by atomic mass is 10.4. The second kappa shape index (κ2) is 8.34. The molecule has 4 heteroatoms. The molecule has 0 aliphatic rings. The third kappa shape index (κ3) is 5.91. The first kappa shape index (κ1) is 14.3. The minimum absolute atomic E-state index is 0.919. The van der Waals surface area contributed by atoms with Crippen LogP contribution in [-0.2, 0) is 5.75 Å². The molecule has 0 aliphatic heterocycles. The van der Waals surface area contributed by atoms with E-state index in [-0.39, 0.29) is 0 Å². The Morgan fingerprint density at radius 3 is 2.76 bits per heavy atom. The Labute approximate surface area is 109 Å². The lowest BCUT2D eigenvalue weighted by Crippen LogP contribution is -2.05. The van der Waals surface area contributed by atoms with Gasteiger partial charge in [-0.1, -0.05) is 20.3 Å². The quantitative estimate of drug-likeness (QED) is 0.718. The summed E-state index contributed by atoms with van der Waals surface area (Å²) in [4.78, 5) is 8.99. The van der Waals surface area contributed by atoms with E-state index in [2.05, 4.69) is 29.1 Å². The summed E-state index contributed by atoms with van der Waals surface area (Å²) in [5.74, 6) is 4.03. The van der Waals surface area contributed by atoms with E-state index in [1.165, 1.54) is 18.6 Å². The van der Waals surface area contributed by atoms with Crippen molar-refractivity contribution in [2.75, 3.05) is 17.6 Å². The molecule has 96 valence electrons. The maximum atomic E-state index is 4.53. The molecule has 0 unspecified atom stereocenters. The molecular formula is C13H23N3S. The number of hydrogen-bond acceptors (Lipinski definition) is 4. The zero-order chi connectivity index (χ0) is 12.5. The zero-order valence-electron chi connectivity index (χ0n) is 11.1. The first-order valence-corrected chi connectivity index (χ1v) is 7.58. The monoisotopic (exact) mass is 253 g/mol. The Balaban J connectivity index is 2.50. The zero-order valence-corrected chi connectivity index (χ0v) is 11.9. The van der Waals surface area contributed by atoms with Crippen molar-refractivity contribution in [3.05, 3.63) is 17.6 Å². The van der Waals surface area contributed by atoms with Gasteiger partial charge in [0.15, 0.2) is 0 Å². The molecule has 3 nitrogen and oxygen atoms in total. The minimum atomic E-state index is 0.919. The second-order valence-corrected chi connectivity index (χ2v) is 5.25. The Morgan fingerprint density at radius 1 is 1.24 bits per heavy atom. The normalized spacial score (nSPS) is 10.5. The summed E-state index contributed by atoms with van der Waals surface area (Å²) in [6.45, 7) is 7.37. The SMILES string of the molecule is CCCCSCc1nc(C)cc(NCCC)n1. The van der Waals surface area contributed by atoms with Crippen LogP contribution in [-0.4, -0.2) is 22.3 Å². The fraction of sp³-hybridized carbons (Fsp3) is 0.692. The van der Waals surface area contributed by atoms with Crippen LogP contribution >= 0.6 is 11.8 Å². The van der Waals surface area contributed by atoms with E-state index in [9.17, 15) is 0 Å². The van der Waals surface area contributed by atoms with E-state index in [1.54, 1.807) is 0 Å². The number of hydrogen-bond donors (Lipinski definition) is 1. The van der Waals surface area contributed by atoms with Gasteiger partial charge in [0.1, 0.15) is 11.6 Å². The number of anilines is 1. The number of nitrogens with one attached hydrogen (secondary N) is 1. The van der Waals surface area contributed by atoms with Gasteiger partial charge in [-0.2, -0.15) is 11.8 Å². The number of aromatic nitrogens is 2. The molecule has 1 N–H and O–H groups in total. The summed E-state index contributed by atoms with van der Waals surface area (Å²) in [5, 5.41) is 3.32. The average Bonchev–Trinajstić information content (AvgIpc) is 2.31. The topological polar surface area (TPSA) is 37.8 Å². The molecule has 1 aromatic rings. The lowest BCUT2D eigenvalue weighted by molar-refractivity contribution is 0.893. The van der Waals surface area contributed by atoms with Gasteiger partial charge in [-0.25, -0.2) is 9.97 Å². The third-order valence-electron chi connectivity index (χ3n) is 2.33. The highest BCUT2D eigenvalue weighted by Gasteiger charge is 2.02. The van der Waals surface area contributed by atoms with Crippen molar-refractivity contribution >= 4 is 17.6 Å². The van der Waals surface area contributed by atoms with Crippen molar-refractivity contribution in [2.24, 2.45) is 0 Å². The Hall–Kier alpha value is -0.770. The largest absolute Gasteiger partial charge is 0.370 e. The number of unbranched alkanes of at least 4 members (excludes halogenated alkanes) is 1. The maximum absolute atomic E-state index is 4.53. The smallest absolute Gasteiger partial charge is 0.140 e. The molecule has 0 fully saturated rings. The fourth-order valence-electron chi connectivity index (χ4n) is 1.45. The number of rotatable bonds is 8. The molecule has 17 heavy (non-hydrogen) atoms. The van der Waals surface area contributed by atoms with Crippen LogP contribution in [0.1, 0.15) is 44.6 Å². The Morgan fingerprint density at radius 2 is 2.06 bits per heavy atom. The number of aryl methyl sites for hydroxylation is 1. The van der Waals surface area contributed by atoms with E-state index in [0.717, 1.165) is 36.1 Å². The minimum Gasteiger partial charge on any atom is -0.370 e. The molecule has 0 saturated heterocycles. The van der Waals surface area contributed by atoms with Crippen molar-refractivity contribution < 1.29 is 0 Å². The van der Waals surface area contributed by atoms with E-state index in [0.29, 0.717) is 0 Å². The number of nitrogens with zero attached hydrogens (tertiary/aromatic N) is 2. The van der Waals surface area contributed by atoms with E-state index >= 15 is 0 Å². The Bertz CT molecular complexity index is 328. The lowest BCUT2D eigenvalue weighted by Gasteiger charge is -2.07. The van der Waals surface area contributed by atoms with Crippen LogP contribution < -0.4 is 5.32 Å². The first-order valence-electron chi connectivity index (χ1n) is 6.42. The molecule has 0 bridgehead atoms. The highest BCUT2D eigenvalue weighted by Crippen LogP contribution is 2.13. The number of thioether (sulfide) groups is 1. The molecule has 1 aromatic heterocycles. The molecule has 0 atom stereocenters. The predicted molar refractivity (Wildman–Crippen MR) is 76.6 cm³/mol. The second-order valence-electron chi connectivity index (χ2n) is 4.14. The van der Waals surface area contributed by atoms with E-state index in [4.69, 9.17) is 0 Å². The van der Waals surface area contributed by atoms with Gasteiger partial charge in [0.05, 0.1) is 5.75 Å².